The van der Waals surface area contributed by atoms with E-state index < -0.39 is 0 Å². The van der Waals surface area contributed by atoms with Crippen LogP contribution in [0.2, 0.25) is 0 Å². The van der Waals surface area contributed by atoms with Crippen LogP contribution in [-0.4, -0.2) is 24.1 Å². The van der Waals surface area contributed by atoms with Gasteiger partial charge in [-0.05, 0) is 29.1 Å². The van der Waals surface area contributed by atoms with Crippen LogP contribution in [0.5, 0.6) is 11.5 Å². The lowest BCUT2D eigenvalue weighted by Crippen LogP contribution is -2.24. The molecule has 0 fully saturated rings. The van der Waals surface area contributed by atoms with E-state index in [2.05, 4.69) is 10.3 Å². The SMILES string of the molecule is O=C(Cc1csc(-c2cccs2)n1)NCc1ccc2c(c1)OCCO2. The molecule has 5 nitrogen and oxygen atoms in total. The molecule has 0 atom stereocenters. The van der Waals surface area contributed by atoms with Crippen molar-refractivity contribution in [1.82, 2.24) is 10.3 Å². The smallest absolute Gasteiger partial charge is 0.226 e. The number of benzene rings is 1. The number of rotatable bonds is 5. The first kappa shape index (κ1) is 16.1. The molecule has 4 rings (SSSR count). The summed E-state index contributed by atoms with van der Waals surface area (Å²) >= 11 is 3.22. The van der Waals surface area contributed by atoms with E-state index >= 15 is 0 Å². The first-order chi connectivity index (χ1) is 12.3. The highest BCUT2D eigenvalue weighted by atomic mass is 32.1. The zero-order chi connectivity index (χ0) is 17.1. The number of ether oxygens (including phenoxy) is 2. The molecule has 0 spiro atoms. The lowest BCUT2D eigenvalue weighted by Gasteiger charge is -2.18. The average Bonchev–Trinajstić information content (AvgIpc) is 3.31. The van der Waals surface area contributed by atoms with Crippen LogP contribution >= 0.6 is 22.7 Å². The summed E-state index contributed by atoms with van der Waals surface area (Å²) in [5.41, 5.74) is 1.78. The van der Waals surface area contributed by atoms with E-state index in [4.69, 9.17) is 9.47 Å². The predicted molar refractivity (Wildman–Crippen MR) is 98.4 cm³/mol. The van der Waals surface area contributed by atoms with Crippen LogP contribution < -0.4 is 14.8 Å². The van der Waals surface area contributed by atoms with Gasteiger partial charge in [-0.15, -0.1) is 22.7 Å². The zero-order valence-corrected chi connectivity index (χ0v) is 15.0. The van der Waals surface area contributed by atoms with Crippen molar-refractivity contribution in [1.29, 1.82) is 0 Å². The summed E-state index contributed by atoms with van der Waals surface area (Å²) in [6.45, 7) is 1.58. The number of nitrogens with one attached hydrogen (secondary N) is 1. The summed E-state index contributed by atoms with van der Waals surface area (Å²) < 4.78 is 11.1. The highest BCUT2D eigenvalue weighted by Gasteiger charge is 2.13. The van der Waals surface area contributed by atoms with E-state index in [0.29, 0.717) is 19.8 Å². The number of hydrogen-bond donors (Lipinski definition) is 1. The van der Waals surface area contributed by atoms with Crippen molar-refractivity contribution in [3.8, 4) is 21.4 Å². The van der Waals surface area contributed by atoms with Crippen molar-refractivity contribution in [3.63, 3.8) is 0 Å². The maximum Gasteiger partial charge on any atom is 0.226 e. The fourth-order valence-electron chi connectivity index (χ4n) is 2.53. The van der Waals surface area contributed by atoms with Gasteiger partial charge in [0.2, 0.25) is 5.91 Å². The van der Waals surface area contributed by atoms with Crippen molar-refractivity contribution in [2.75, 3.05) is 13.2 Å². The molecule has 3 heterocycles. The average molecular weight is 372 g/mol. The zero-order valence-electron chi connectivity index (χ0n) is 13.4. The number of carbonyl (C=O) groups is 1. The summed E-state index contributed by atoms with van der Waals surface area (Å²) in [7, 11) is 0. The van der Waals surface area contributed by atoms with E-state index in [1.807, 2.05) is 41.1 Å². The number of aromatic nitrogens is 1. The van der Waals surface area contributed by atoms with Gasteiger partial charge in [-0.25, -0.2) is 4.98 Å². The van der Waals surface area contributed by atoms with Crippen LogP contribution in [0.1, 0.15) is 11.3 Å². The van der Waals surface area contributed by atoms with Crippen LogP contribution in [0.25, 0.3) is 9.88 Å². The van der Waals surface area contributed by atoms with E-state index in [1.165, 1.54) is 0 Å². The Kier molecular flexibility index (Phi) is 4.67. The van der Waals surface area contributed by atoms with Crippen molar-refractivity contribution in [2.24, 2.45) is 0 Å². The molecule has 1 N–H and O–H groups in total. The minimum absolute atomic E-state index is 0.0436. The van der Waals surface area contributed by atoms with Crippen molar-refractivity contribution >= 4 is 28.6 Å². The third-order valence-electron chi connectivity index (χ3n) is 3.72. The summed E-state index contributed by atoms with van der Waals surface area (Å²) in [5.74, 6) is 1.45. The second-order valence-electron chi connectivity index (χ2n) is 5.55. The standard InChI is InChI=1S/C18H16N2O3S2/c21-17(9-13-11-25-18(20-13)16-2-1-7-24-16)19-10-12-3-4-14-15(8-12)23-6-5-22-14/h1-4,7-8,11H,5-6,9-10H2,(H,19,21). The van der Waals surface area contributed by atoms with E-state index in [-0.39, 0.29) is 12.3 Å². The van der Waals surface area contributed by atoms with Gasteiger partial charge in [0.25, 0.3) is 0 Å². The molecule has 0 unspecified atom stereocenters. The first-order valence-corrected chi connectivity index (χ1v) is 9.67. The normalized spacial score (nSPS) is 12.8. The van der Waals surface area contributed by atoms with Crippen molar-refractivity contribution in [3.05, 3.63) is 52.3 Å². The minimum Gasteiger partial charge on any atom is -0.486 e. The molecule has 128 valence electrons. The number of carbonyl (C=O) groups excluding carboxylic acids is 1. The van der Waals surface area contributed by atoms with Gasteiger partial charge in [-0.3, -0.25) is 4.79 Å². The van der Waals surface area contributed by atoms with E-state index in [9.17, 15) is 4.79 Å². The molecule has 1 aliphatic rings. The number of nitrogens with zero attached hydrogens (tertiary/aromatic N) is 1. The summed E-state index contributed by atoms with van der Waals surface area (Å²) in [6, 6.07) is 9.76. The molecule has 0 saturated heterocycles. The van der Waals surface area contributed by atoms with Gasteiger partial charge in [0, 0.05) is 11.9 Å². The molecule has 1 aromatic carbocycles. The highest BCUT2D eigenvalue weighted by Crippen LogP contribution is 2.31. The molecule has 0 aliphatic carbocycles. The van der Waals surface area contributed by atoms with Gasteiger partial charge < -0.3 is 14.8 Å². The Morgan fingerprint density at radius 2 is 2.04 bits per heavy atom. The monoisotopic (exact) mass is 372 g/mol. The molecule has 3 aromatic rings. The number of thiazole rings is 1. The lowest BCUT2D eigenvalue weighted by molar-refractivity contribution is -0.120. The van der Waals surface area contributed by atoms with Crippen molar-refractivity contribution in [2.45, 2.75) is 13.0 Å². The molecule has 0 saturated carbocycles. The minimum atomic E-state index is -0.0436. The molecule has 2 aromatic heterocycles. The molecule has 0 bridgehead atoms. The second kappa shape index (κ2) is 7.25. The van der Waals surface area contributed by atoms with Crippen LogP contribution in [0.3, 0.4) is 0 Å². The number of amides is 1. The summed E-state index contributed by atoms with van der Waals surface area (Å²) in [6.07, 6.45) is 0.284. The lowest BCUT2D eigenvalue weighted by atomic mass is 10.2. The highest BCUT2D eigenvalue weighted by molar-refractivity contribution is 7.20. The second-order valence-corrected chi connectivity index (χ2v) is 7.36. The van der Waals surface area contributed by atoms with Crippen molar-refractivity contribution < 1.29 is 14.3 Å². The molecule has 1 amide bonds. The van der Waals surface area contributed by atoms with Gasteiger partial charge in [0.15, 0.2) is 11.5 Å². The molecular formula is C18H16N2O3S2. The largest absolute Gasteiger partial charge is 0.486 e. The van der Waals surface area contributed by atoms with E-state index in [1.54, 1.807) is 22.7 Å². The van der Waals surface area contributed by atoms with Crippen LogP contribution in [-0.2, 0) is 17.8 Å². The quantitative estimate of drug-likeness (QED) is 0.745. The topological polar surface area (TPSA) is 60.5 Å². The Bertz CT molecular complexity index is 874. The Morgan fingerprint density at radius 3 is 2.88 bits per heavy atom. The number of fused-ring (bicyclic) bond motifs is 1. The Balaban J connectivity index is 1.33. The van der Waals surface area contributed by atoms with Crippen LogP contribution in [0.4, 0.5) is 0 Å². The first-order valence-electron chi connectivity index (χ1n) is 7.91. The summed E-state index contributed by atoms with van der Waals surface area (Å²) in [5, 5.41) is 7.86. The third-order valence-corrected chi connectivity index (χ3v) is 5.65. The number of hydrogen-bond acceptors (Lipinski definition) is 6. The van der Waals surface area contributed by atoms with Gasteiger partial charge in [-0.1, -0.05) is 12.1 Å². The molecule has 0 radical (unpaired) electrons. The predicted octanol–water partition coefficient (Wildman–Crippen LogP) is 3.50. The fraction of sp³-hybridized carbons (Fsp3) is 0.222. The molecule has 25 heavy (non-hydrogen) atoms. The fourth-order valence-corrected chi connectivity index (χ4v) is 4.16. The Hall–Kier alpha value is -2.38. The summed E-state index contributed by atoms with van der Waals surface area (Å²) in [4.78, 5) is 17.8. The Morgan fingerprint density at radius 1 is 1.16 bits per heavy atom. The number of thiophene rings is 1. The third kappa shape index (κ3) is 3.83. The van der Waals surface area contributed by atoms with Gasteiger partial charge in [0.05, 0.1) is 17.0 Å². The van der Waals surface area contributed by atoms with Crippen LogP contribution in [0, 0.1) is 0 Å². The molecule has 7 heteroatoms. The van der Waals surface area contributed by atoms with Gasteiger partial charge >= 0.3 is 0 Å². The Labute approximate surface area is 153 Å². The molecular weight excluding hydrogens is 356 g/mol. The maximum absolute atomic E-state index is 12.2. The van der Waals surface area contributed by atoms with Gasteiger partial charge in [-0.2, -0.15) is 0 Å². The van der Waals surface area contributed by atoms with Crippen LogP contribution in [0.15, 0.2) is 41.1 Å². The van der Waals surface area contributed by atoms with E-state index in [0.717, 1.165) is 32.6 Å². The molecule has 1 aliphatic heterocycles. The maximum atomic E-state index is 12.2. The van der Waals surface area contributed by atoms with Gasteiger partial charge in [0.1, 0.15) is 18.2 Å².